The SMILES string of the molecule is C=C(C)C(CC[C@@H](C)C1CCC2C3CC=C4C[C@@H](O)CC[C@]4(C)C3CC[C@@]21C)OO. The van der Waals surface area contributed by atoms with Gasteiger partial charge in [-0.15, -0.1) is 0 Å². The molecule has 3 nitrogen and oxygen atoms in total. The van der Waals surface area contributed by atoms with Gasteiger partial charge in [-0.2, -0.15) is 0 Å². The Morgan fingerprint density at radius 1 is 1.17 bits per heavy atom. The van der Waals surface area contributed by atoms with Crippen LogP contribution >= 0.6 is 0 Å². The van der Waals surface area contributed by atoms with Crippen molar-refractivity contribution in [3.8, 4) is 0 Å². The Kier molecular flexibility index (Phi) is 6.29. The molecule has 3 heteroatoms. The third-order valence-electron chi connectivity index (χ3n) is 10.4. The minimum Gasteiger partial charge on any atom is -0.393 e. The zero-order valence-electron chi connectivity index (χ0n) is 19.7. The van der Waals surface area contributed by atoms with E-state index in [1.807, 2.05) is 6.92 Å². The smallest absolute Gasteiger partial charge is 0.113 e. The lowest BCUT2D eigenvalue weighted by molar-refractivity contribution is -0.270. The zero-order chi connectivity index (χ0) is 21.7. The predicted octanol–water partition coefficient (Wildman–Crippen LogP) is 6.78. The maximum atomic E-state index is 10.2. The number of aliphatic hydroxyl groups excluding tert-OH is 1. The van der Waals surface area contributed by atoms with Crippen LogP contribution in [0.25, 0.3) is 0 Å². The van der Waals surface area contributed by atoms with Gasteiger partial charge in [0.25, 0.3) is 0 Å². The van der Waals surface area contributed by atoms with Crippen molar-refractivity contribution in [1.82, 2.24) is 0 Å². The van der Waals surface area contributed by atoms with E-state index >= 15 is 0 Å². The zero-order valence-corrected chi connectivity index (χ0v) is 19.7. The van der Waals surface area contributed by atoms with Crippen molar-refractivity contribution >= 4 is 0 Å². The second-order valence-corrected chi connectivity index (χ2v) is 11.9. The van der Waals surface area contributed by atoms with Crippen LogP contribution in [-0.4, -0.2) is 22.6 Å². The maximum absolute atomic E-state index is 10.2. The average Bonchev–Trinajstić information content (AvgIpc) is 3.06. The monoisotopic (exact) mass is 416 g/mol. The summed E-state index contributed by atoms with van der Waals surface area (Å²) >= 11 is 0. The van der Waals surface area contributed by atoms with E-state index in [1.165, 1.54) is 38.5 Å². The summed E-state index contributed by atoms with van der Waals surface area (Å²) < 4.78 is 0. The van der Waals surface area contributed by atoms with Crippen LogP contribution in [0.3, 0.4) is 0 Å². The molecule has 170 valence electrons. The first-order valence-electron chi connectivity index (χ1n) is 12.5. The van der Waals surface area contributed by atoms with Gasteiger partial charge < -0.3 is 5.11 Å². The lowest BCUT2D eigenvalue weighted by atomic mass is 9.47. The fraction of sp³-hybridized carbons (Fsp3) is 0.852. The molecule has 0 spiro atoms. The Labute approximate surface area is 183 Å². The molecule has 3 saturated carbocycles. The van der Waals surface area contributed by atoms with Crippen molar-refractivity contribution in [2.45, 2.75) is 104 Å². The van der Waals surface area contributed by atoms with Crippen LogP contribution in [0.4, 0.5) is 0 Å². The highest BCUT2D eigenvalue weighted by Gasteiger charge is 2.59. The molecule has 0 aromatic carbocycles. The van der Waals surface area contributed by atoms with E-state index in [0.717, 1.165) is 54.9 Å². The van der Waals surface area contributed by atoms with Gasteiger partial charge in [0.1, 0.15) is 6.10 Å². The van der Waals surface area contributed by atoms with Crippen LogP contribution in [0.5, 0.6) is 0 Å². The number of hydrogen-bond acceptors (Lipinski definition) is 3. The van der Waals surface area contributed by atoms with Gasteiger partial charge in [-0.25, -0.2) is 4.89 Å². The third-order valence-corrected chi connectivity index (χ3v) is 10.4. The number of fused-ring (bicyclic) bond motifs is 5. The van der Waals surface area contributed by atoms with Gasteiger partial charge in [-0.3, -0.25) is 5.26 Å². The van der Waals surface area contributed by atoms with Gasteiger partial charge in [0.05, 0.1) is 6.10 Å². The van der Waals surface area contributed by atoms with Gasteiger partial charge in [-0.05, 0) is 117 Å². The van der Waals surface area contributed by atoms with E-state index in [0.29, 0.717) is 16.7 Å². The van der Waals surface area contributed by atoms with Crippen LogP contribution in [-0.2, 0) is 4.89 Å². The molecule has 0 aliphatic heterocycles. The summed E-state index contributed by atoms with van der Waals surface area (Å²) in [6, 6.07) is 0. The summed E-state index contributed by atoms with van der Waals surface area (Å²) in [7, 11) is 0. The van der Waals surface area contributed by atoms with E-state index in [9.17, 15) is 10.4 Å². The summed E-state index contributed by atoms with van der Waals surface area (Å²) in [5.74, 6) is 3.92. The summed E-state index contributed by atoms with van der Waals surface area (Å²) in [4.78, 5) is 4.67. The Balaban J connectivity index is 1.48. The molecular weight excluding hydrogens is 372 g/mol. The first-order valence-corrected chi connectivity index (χ1v) is 12.5. The molecule has 0 heterocycles. The van der Waals surface area contributed by atoms with Gasteiger partial charge >= 0.3 is 0 Å². The van der Waals surface area contributed by atoms with Crippen LogP contribution in [0.2, 0.25) is 0 Å². The largest absolute Gasteiger partial charge is 0.393 e. The first-order chi connectivity index (χ1) is 14.2. The molecule has 9 atom stereocenters. The topological polar surface area (TPSA) is 49.7 Å². The lowest BCUT2D eigenvalue weighted by Crippen LogP contribution is -2.50. The minimum absolute atomic E-state index is 0.114. The molecule has 4 aliphatic rings. The molecule has 5 unspecified atom stereocenters. The highest BCUT2D eigenvalue weighted by molar-refractivity contribution is 5.25. The van der Waals surface area contributed by atoms with Crippen molar-refractivity contribution in [3.63, 3.8) is 0 Å². The first kappa shape index (κ1) is 22.6. The number of aliphatic hydroxyl groups is 1. The molecule has 0 amide bonds. The predicted molar refractivity (Wildman–Crippen MR) is 122 cm³/mol. The lowest BCUT2D eigenvalue weighted by Gasteiger charge is -2.58. The van der Waals surface area contributed by atoms with Crippen molar-refractivity contribution in [2.75, 3.05) is 0 Å². The summed E-state index contributed by atoms with van der Waals surface area (Å²) in [5.41, 5.74) is 3.27. The van der Waals surface area contributed by atoms with Gasteiger partial charge in [-0.1, -0.05) is 39.0 Å². The van der Waals surface area contributed by atoms with Crippen molar-refractivity contribution < 1.29 is 15.3 Å². The Bertz CT molecular complexity index is 684. The minimum atomic E-state index is -0.225. The Morgan fingerprint density at radius 2 is 1.93 bits per heavy atom. The van der Waals surface area contributed by atoms with Crippen molar-refractivity contribution in [3.05, 3.63) is 23.8 Å². The van der Waals surface area contributed by atoms with Gasteiger partial charge in [0, 0.05) is 0 Å². The van der Waals surface area contributed by atoms with Crippen molar-refractivity contribution in [2.24, 2.45) is 40.4 Å². The second-order valence-electron chi connectivity index (χ2n) is 11.9. The van der Waals surface area contributed by atoms with E-state index in [-0.39, 0.29) is 12.2 Å². The fourth-order valence-electron chi connectivity index (χ4n) is 8.62. The fourth-order valence-corrected chi connectivity index (χ4v) is 8.62. The van der Waals surface area contributed by atoms with E-state index < -0.39 is 0 Å². The summed E-state index contributed by atoms with van der Waals surface area (Å²) in [6.45, 7) is 13.5. The molecule has 0 saturated heterocycles. The molecule has 4 rings (SSSR count). The second kappa shape index (κ2) is 8.37. The van der Waals surface area contributed by atoms with Crippen LogP contribution in [0.1, 0.15) is 91.9 Å². The molecule has 30 heavy (non-hydrogen) atoms. The number of hydrogen-bond donors (Lipinski definition) is 2. The molecule has 0 bridgehead atoms. The average molecular weight is 417 g/mol. The summed E-state index contributed by atoms with van der Waals surface area (Å²) in [6.07, 6.45) is 13.9. The molecule has 2 N–H and O–H groups in total. The molecule has 0 aromatic heterocycles. The highest BCUT2D eigenvalue weighted by atomic mass is 17.1. The molecule has 0 radical (unpaired) electrons. The van der Waals surface area contributed by atoms with E-state index in [4.69, 9.17) is 0 Å². The van der Waals surface area contributed by atoms with Crippen LogP contribution in [0, 0.1) is 40.4 Å². The van der Waals surface area contributed by atoms with Gasteiger partial charge in [0.15, 0.2) is 0 Å². The van der Waals surface area contributed by atoms with Gasteiger partial charge in [0.2, 0.25) is 0 Å². The standard InChI is InChI=1S/C27H44O3/c1-17(2)25(30-29)11-6-18(3)22-9-10-23-21-8-7-19-16-20(28)12-14-26(19,4)24(21)13-15-27(22,23)5/h7,18,20-25,28-29H,1,6,8-16H2,2-5H3/t18-,20+,21?,22?,23?,24?,25?,26+,27-/m1/s1. The molecule has 3 fully saturated rings. The molecular formula is C27H44O3. The van der Waals surface area contributed by atoms with E-state index in [1.54, 1.807) is 5.57 Å². The quantitative estimate of drug-likeness (QED) is 0.285. The van der Waals surface area contributed by atoms with Crippen molar-refractivity contribution in [1.29, 1.82) is 0 Å². The highest BCUT2D eigenvalue weighted by Crippen LogP contribution is 2.67. The normalized spacial score (nSPS) is 45.0. The Hall–Kier alpha value is -0.640. The number of allylic oxidation sites excluding steroid dienone is 1. The van der Waals surface area contributed by atoms with E-state index in [2.05, 4.69) is 38.3 Å². The number of rotatable bonds is 6. The van der Waals surface area contributed by atoms with Crippen LogP contribution in [0.15, 0.2) is 23.8 Å². The van der Waals surface area contributed by atoms with Crippen LogP contribution < -0.4 is 0 Å². The summed E-state index contributed by atoms with van der Waals surface area (Å²) in [5, 5.41) is 19.4. The molecule has 0 aromatic rings. The molecule has 4 aliphatic carbocycles. The Morgan fingerprint density at radius 3 is 2.63 bits per heavy atom. The maximum Gasteiger partial charge on any atom is 0.113 e. The third kappa shape index (κ3) is 3.63.